The zero-order chi connectivity index (χ0) is 25.8. The highest BCUT2D eigenvalue weighted by molar-refractivity contribution is 6.03. The average molecular weight is 496 g/mol. The van der Waals surface area contributed by atoms with Gasteiger partial charge in [0.1, 0.15) is 11.9 Å². The van der Waals surface area contributed by atoms with E-state index in [4.69, 9.17) is 13.9 Å². The summed E-state index contributed by atoms with van der Waals surface area (Å²) in [5.74, 6) is -6.91. The topological polar surface area (TPSA) is 120 Å². The summed E-state index contributed by atoms with van der Waals surface area (Å²) in [4.78, 5) is 52.2. The number of furan rings is 1. The standard InChI is InChI=1S/C27H25FO8/c1-26-8-6-17-25(33)36-20(15-7-9-34-13-15)12-27(17,2)22(26)21(29)19(11-18(26)23(30)31)35-24(32)14-4-3-5-16(28)10-14/h3-5,7,9-11,13,17-18,20,22H,6,8,12H2,1-2H3,(H,30,31). The highest BCUT2D eigenvalue weighted by atomic mass is 19.1. The Bertz CT molecular complexity index is 1280. The number of benzene rings is 1. The van der Waals surface area contributed by atoms with Gasteiger partial charge in [-0.3, -0.25) is 14.4 Å². The molecule has 1 aromatic carbocycles. The molecule has 0 bridgehead atoms. The molecule has 5 rings (SSSR count). The Kier molecular flexibility index (Phi) is 5.61. The van der Waals surface area contributed by atoms with Gasteiger partial charge in [0.15, 0.2) is 5.76 Å². The Morgan fingerprint density at radius 3 is 2.61 bits per heavy atom. The minimum absolute atomic E-state index is 0.113. The summed E-state index contributed by atoms with van der Waals surface area (Å²) in [6.45, 7) is 3.55. The molecule has 0 radical (unpaired) electrons. The third-order valence-electron chi connectivity index (χ3n) is 8.23. The number of halogens is 1. The van der Waals surface area contributed by atoms with Crippen LogP contribution in [0.25, 0.3) is 0 Å². The second kappa shape index (κ2) is 8.43. The van der Waals surface area contributed by atoms with Crippen LogP contribution >= 0.6 is 0 Å². The summed E-state index contributed by atoms with van der Waals surface area (Å²) in [5.41, 5.74) is -1.47. The van der Waals surface area contributed by atoms with Gasteiger partial charge >= 0.3 is 17.9 Å². The first-order valence-corrected chi connectivity index (χ1v) is 11.7. The third-order valence-corrected chi connectivity index (χ3v) is 8.23. The minimum Gasteiger partial charge on any atom is -0.481 e. The van der Waals surface area contributed by atoms with E-state index < -0.39 is 70.0 Å². The van der Waals surface area contributed by atoms with Crippen LogP contribution in [0.5, 0.6) is 0 Å². The number of rotatable bonds is 4. The molecule has 1 saturated heterocycles. The highest BCUT2D eigenvalue weighted by Gasteiger charge is 2.66. The number of allylic oxidation sites excluding steroid dienone is 1. The van der Waals surface area contributed by atoms with Gasteiger partial charge in [0.25, 0.3) is 0 Å². The molecule has 2 aromatic rings. The summed E-state index contributed by atoms with van der Waals surface area (Å²) < 4.78 is 29.8. The fourth-order valence-corrected chi connectivity index (χ4v) is 6.55. The lowest BCUT2D eigenvalue weighted by Crippen LogP contribution is -2.61. The van der Waals surface area contributed by atoms with Gasteiger partial charge in [-0.1, -0.05) is 19.9 Å². The van der Waals surface area contributed by atoms with Crippen LogP contribution in [0.4, 0.5) is 4.39 Å². The molecule has 1 N–H and O–H groups in total. The van der Waals surface area contributed by atoms with Crippen molar-refractivity contribution in [3.05, 3.63) is 71.6 Å². The number of ether oxygens (including phenoxy) is 2. The number of carbonyl (C=O) groups is 4. The number of esters is 2. The molecule has 2 aliphatic carbocycles. The maximum atomic E-state index is 13.9. The Morgan fingerprint density at radius 1 is 1.17 bits per heavy atom. The quantitative estimate of drug-likeness (QED) is 0.616. The molecule has 6 unspecified atom stereocenters. The molecule has 1 aliphatic heterocycles. The molecular formula is C27H25FO8. The summed E-state index contributed by atoms with van der Waals surface area (Å²) >= 11 is 0. The number of fused-ring (bicyclic) bond motifs is 3. The van der Waals surface area contributed by atoms with Crippen molar-refractivity contribution in [2.24, 2.45) is 28.6 Å². The first-order chi connectivity index (χ1) is 17.0. The molecule has 6 atom stereocenters. The van der Waals surface area contributed by atoms with Crippen molar-refractivity contribution in [3.63, 3.8) is 0 Å². The van der Waals surface area contributed by atoms with Crippen LogP contribution in [0.15, 0.2) is 59.1 Å². The van der Waals surface area contributed by atoms with Crippen molar-refractivity contribution in [1.82, 2.24) is 0 Å². The largest absolute Gasteiger partial charge is 0.481 e. The van der Waals surface area contributed by atoms with E-state index in [1.807, 2.05) is 0 Å². The van der Waals surface area contributed by atoms with Crippen LogP contribution in [0, 0.1) is 34.4 Å². The van der Waals surface area contributed by atoms with Crippen molar-refractivity contribution in [2.75, 3.05) is 0 Å². The van der Waals surface area contributed by atoms with Gasteiger partial charge in [0.05, 0.1) is 29.9 Å². The number of cyclic esters (lactones) is 1. The predicted octanol–water partition coefficient (Wildman–Crippen LogP) is 4.47. The lowest BCUT2D eigenvalue weighted by atomic mass is 9.44. The molecule has 3 aliphatic rings. The highest BCUT2D eigenvalue weighted by Crippen LogP contribution is 2.64. The van der Waals surface area contributed by atoms with Gasteiger partial charge in [-0.05, 0) is 60.4 Å². The number of carbonyl (C=O) groups excluding carboxylic acids is 3. The Morgan fingerprint density at radius 2 is 1.94 bits per heavy atom. The van der Waals surface area contributed by atoms with Crippen LogP contribution in [0.1, 0.15) is 55.1 Å². The van der Waals surface area contributed by atoms with Crippen molar-refractivity contribution in [3.8, 4) is 0 Å². The average Bonchev–Trinajstić information content (AvgIpc) is 3.35. The Balaban J connectivity index is 1.56. The maximum absolute atomic E-state index is 13.9. The van der Waals surface area contributed by atoms with Gasteiger partial charge in [-0.2, -0.15) is 0 Å². The molecule has 2 heterocycles. The molecule has 1 saturated carbocycles. The number of carboxylic acid groups (broad SMARTS) is 1. The van der Waals surface area contributed by atoms with Crippen LogP contribution < -0.4 is 0 Å². The first-order valence-electron chi connectivity index (χ1n) is 11.7. The second-order valence-corrected chi connectivity index (χ2v) is 10.3. The molecule has 9 heteroatoms. The first kappa shape index (κ1) is 24.0. The van der Waals surface area contributed by atoms with Crippen molar-refractivity contribution >= 4 is 23.7 Å². The van der Waals surface area contributed by atoms with Crippen LogP contribution in [0.3, 0.4) is 0 Å². The van der Waals surface area contributed by atoms with E-state index >= 15 is 0 Å². The smallest absolute Gasteiger partial charge is 0.343 e. The van der Waals surface area contributed by atoms with E-state index in [-0.39, 0.29) is 12.0 Å². The lowest BCUT2D eigenvalue weighted by Gasteiger charge is -2.59. The minimum atomic E-state index is -1.17. The van der Waals surface area contributed by atoms with Crippen molar-refractivity contribution < 1.29 is 42.6 Å². The van der Waals surface area contributed by atoms with E-state index in [1.54, 1.807) is 19.9 Å². The monoisotopic (exact) mass is 496 g/mol. The fourth-order valence-electron chi connectivity index (χ4n) is 6.55. The van der Waals surface area contributed by atoms with Crippen LogP contribution in [0.2, 0.25) is 0 Å². The van der Waals surface area contributed by atoms with Crippen LogP contribution in [-0.2, 0) is 23.9 Å². The van der Waals surface area contributed by atoms with Gasteiger partial charge < -0.3 is 19.0 Å². The van der Waals surface area contributed by atoms with Gasteiger partial charge in [-0.15, -0.1) is 0 Å². The van der Waals surface area contributed by atoms with E-state index in [0.717, 1.165) is 12.1 Å². The maximum Gasteiger partial charge on any atom is 0.343 e. The lowest BCUT2D eigenvalue weighted by molar-refractivity contribution is -0.197. The van der Waals surface area contributed by atoms with Crippen molar-refractivity contribution in [2.45, 2.75) is 39.2 Å². The normalized spacial score (nSPS) is 33.6. The molecule has 8 nitrogen and oxygen atoms in total. The zero-order valence-corrected chi connectivity index (χ0v) is 19.7. The molecule has 36 heavy (non-hydrogen) atoms. The van der Waals surface area contributed by atoms with Crippen molar-refractivity contribution in [1.29, 1.82) is 0 Å². The third kappa shape index (κ3) is 3.65. The Labute approximate surface area is 206 Å². The molecule has 2 fully saturated rings. The summed E-state index contributed by atoms with van der Waals surface area (Å²) in [6.07, 6.45) is 4.38. The van der Waals surface area contributed by atoms with E-state index in [1.165, 1.54) is 30.7 Å². The molecule has 0 spiro atoms. The van der Waals surface area contributed by atoms with Gasteiger partial charge in [0.2, 0.25) is 5.78 Å². The zero-order valence-electron chi connectivity index (χ0n) is 19.7. The summed E-state index contributed by atoms with van der Waals surface area (Å²) in [6, 6.07) is 6.48. The van der Waals surface area contributed by atoms with Gasteiger partial charge in [0, 0.05) is 11.5 Å². The number of hydrogen-bond acceptors (Lipinski definition) is 7. The molecular weight excluding hydrogens is 471 g/mol. The van der Waals surface area contributed by atoms with E-state index in [0.29, 0.717) is 18.4 Å². The molecule has 1 aromatic heterocycles. The van der Waals surface area contributed by atoms with E-state index in [2.05, 4.69) is 0 Å². The Hall–Kier alpha value is -3.75. The van der Waals surface area contributed by atoms with E-state index in [9.17, 15) is 28.7 Å². The summed E-state index contributed by atoms with van der Waals surface area (Å²) in [7, 11) is 0. The summed E-state index contributed by atoms with van der Waals surface area (Å²) in [5, 5.41) is 10.1. The number of carboxylic acids is 1. The van der Waals surface area contributed by atoms with Crippen LogP contribution in [-0.4, -0.2) is 28.8 Å². The predicted molar refractivity (Wildman–Crippen MR) is 121 cm³/mol. The molecule has 188 valence electrons. The molecule has 0 amide bonds. The number of ketones is 1. The SMILES string of the molecule is CC12CCC3C(=O)OC(c4ccoc4)CC3(C)C1C(=O)C(OC(=O)c1cccc(F)c1)=CC2C(=O)O. The number of aliphatic carboxylic acids is 1. The van der Waals surface area contributed by atoms with Gasteiger partial charge in [-0.25, -0.2) is 9.18 Å². The fraction of sp³-hybridized carbons (Fsp3) is 0.407. The second-order valence-electron chi connectivity index (χ2n) is 10.3. The number of hydrogen-bond donors (Lipinski definition) is 1. The number of Topliss-reactive ketones (excluding diaryl/α,β-unsaturated/α-hetero) is 1.